The standard InChI is InChI=1S/C20H40O2/c1-5-7-13-19(14-8-6-2)16-17-22-20(21)15-11-9-10-12-18(3)4/h18-19H,5-17H2,1-4H3. The minimum atomic E-state index is 0.00859. The average Bonchev–Trinajstić information content (AvgIpc) is 2.48. The molecule has 0 amide bonds. The molecule has 0 heterocycles. The van der Waals surface area contributed by atoms with Crippen LogP contribution in [-0.2, 0) is 9.53 Å². The van der Waals surface area contributed by atoms with E-state index in [0.717, 1.165) is 31.1 Å². The molecule has 0 N–H and O–H groups in total. The Labute approximate surface area is 139 Å². The molecule has 132 valence electrons. The molecule has 0 unspecified atom stereocenters. The summed E-state index contributed by atoms with van der Waals surface area (Å²) < 4.78 is 5.42. The fourth-order valence-corrected chi connectivity index (χ4v) is 2.83. The second-order valence-electron chi connectivity index (χ2n) is 7.15. The number of unbranched alkanes of at least 4 members (excludes halogenated alkanes) is 4. The maximum absolute atomic E-state index is 11.7. The number of esters is 1. The van der Waals surface area contributed by atoms with E-state index in [4.69, 9.17) is 4.74 Å². The van der Waals surface area contributed by atoms with Gasteiger partial charge in [0.15, 0.2) is 0 Å². The maximum Gasteiger partial charge on any atom is 0.305 e. The molecule has 0 saturated carbocycles. The zero-order chi connectivity index (χ0) is 16.6. The van der Waals surface area contributed by atoms with Crippen LogP contribution in [0.15, 0.2) is 0 Å². The van der Waals surface area contributed by atoms with Crippen molar-refractivity contribution in [1.29, 1.82) is 0 Å². The van der Waals surface area contributed by atoms with E-state index in [9.17, 15) is 4.79 Å². The largest absolute Gasteiger partial charge is 0.466 e. The quantitative estimate of drug-likeness (QED) is 0.254. The van der Waals surface area contributed by atoms with Crippen molar-refractivity contribution in [3.05, 3.63) is 0 Å². The molecule has 2 heteroatoms. The van der Waals surface area contributed by atoms with E-state index in [2.05, 4.69) is 27.7 Å². The fourth-order valence-electron chi connectivity index (χ4n) is 2.83. The summed E-state index contributed by atoms with van der Waals surface area (Å²) in [7, 11) is 0. The predicted molar refractivity (Wildman–Crippen MR) is 96.0 cm³/mol. The van der Waals surface area contributed by atoms with Gasteiger partial charge in [-0.2, -0.15) is 0 Å². The highest BCUT2D eigenvalue weighted by Gasteiger charge is 2.10. The van der Waals surface area contributed by atoms with E-state index in [-0.39, 0.29) is 5.97 Å². The minimum absolute atomic E-state index is 0.00859. The van der Waals surface area contributed by atoms with E-state index >= 15 is 0 Å². The van der Waals surface area contributed by atoms with Crippen molar-refractivity contribution in [3.63, 3.8) is 0 Å². The Kier molecular flexibility index (Phi) is 15.0. The topological polar surface area (TPSA) is 26.3 Å². The first-order chi connectivity index (χ1) is 10.6. The highest BCUT2D eigenvalue weighted by atomic mass is 16.5. The van der Waals surface area contributed by atoms with Gasteiger partial charge in [-0.3, -0.25) is 4.79 Å². The van der Waals surface area contributed by atoms with Crippen LogP contribution in [0.4, 0.5) is 0 Å². The van der Waals surface area contributed by atoms with Gasteiger partial charge in [-0.1, -0.05) is 85.5 Å². The maximum atomic E-state index is 11.7. The molecule has 0 bridgehead atoms. The Hall–Kier alpha value is -0.530. The van der Waals surface area contributed by atoms with Crippen LogP contribution >= 0.6 is 0 Å². The van der Waals surface area contributed by atoms with Crippen molar-refractivity contribution in [2.75, 3.05) is 6.61 Å². The molecular formula is C20H40O2. The van der Waals surface area contributed by atoms with Gasteiger partial charge in [-0.15, -0.1) is 0 Å². The summed E-state index contributed by atoms with van der Waals surface area (Å²) in [5.74, 6) is 1.53. The lowest BCUT2D eigenvalue weighted by Crippen LogP contribution is -2.10. The molecule has 22 heavy (non-hydrogen) atoms. The van der Waals surface area contributed by atoms with Gasteiger partial charge in [0, 0.05) is 6.42 Å². The van der Waals surface area contributed by atoms with Crippen LogP contribution in [0.1, 0.15) is 105 Å². The molecule has 0 aromatic heterocycles. The monoisotopic (exact) mass is 312 g/mol. The minimum Gasteiger partial charge on any atom is -0.466 e. The summed E-state index contributed by atoms with van der Waals surface area (Å²) in [6.45, 7) is 9.62. The van der Waals surface area contributed by atoms with E-state index in [0.29, 0.717) is 13.0 Å². The van der Waals surface area contributed by atoms with Crippen LogP contribution in [0.5, 0.6) is 0 Å². The highest BCUT2D eigenvalue weighted by Crippen LogP contribution is 2.20. The van der Waals surface area contributed by atoms with Gasteiger partial charge < -0.3 is 4.74 Å². The van der Waals surface area contributed by atoms with Crippen molar-refractivity contribution in [2.45, 2.75) is 105 Å². The lowest BCUT2D eigenvalue weighted by atomic mass is 9.93. The Morgan fingerprint density at radius 3 is 2.00 bits per heavy atom. The molecule has 0 fully saturated rings. The lowest BCUT2D eigenvalue weighted by molar-refractivity contribution is -0.144. The normalized spacial score (nSPS) is 11.4. The first kappa shape index (κ1) is 21.5. The van der Waals surface area contributed by atoms with Gasteiger partial charge in [0.1, 0.15) is 0 Å². The summed E-state index contributed by atoms with van der Waals surface area (Å²) in [6, 6.07) is 0. The van der Waals surface area contributed by atoms with Crippen LogP contribution in [0.2, 0.25) is 0 Å². The first-order valence-corrected chi connectivity index (χ1v) is 9.75. The molecule has 0 atom stereocenters. The molecular weight excluding hydrogens is 272 g/mol. The lowest BCUT2D eigenvalue weighted by Gasteiger charge is -2.16. The van der Waals surface area contributed by atoms with Crippen molar-refractivity contribution in [1.82, 2.24) is 0 Å². The number of rotatable bonds is 15. The third kappa shape index (κ3) is 14.4. The number of ether oxygens (including phenoxy) is 1. The van der Waals surface area contributed by atoms with Gasteiger partial charge >= 0.3 is 5.97 Å². The second-order valence-corrected chi connectivity index (χ2v) is 7.15. The molecule has 0 aliphatic rings. The van der Waals surface area contributed by atoms with Gasteiger partial charge in [0.2, 0.25) is 0 Å². The Balaban J connectivity index is 3.64. The zero-order valence-corrected chi connectivity index (χ0v) is 15.7. The number of hydrogen-bond acceptors (Lipinski definition) is 2. The van der Waals surface area contributed by atoms with Crippen LogP contribution < -0.4 is 0 Å². The van der Waals surface area contributed by atoms with E-state index in [1.165, 1.54) is 51.4 Å². The highest BCUT2D eigenvalue weighted by molar-refractivity contribution is 5.69. The second kappa shape index (κ2) is 15.4. The fraction of sp³-hybridized carbons (Fsp3) is 0.950. The summed E-state index contributed by atoms with van der Waals surface area (Å²) in [5.41, 5.74) is 0. The van der Waals surface area contributed by atoms with E-state index in [1.54, 1.807) is 0 Å². The first-order valence-electron chi connectivity index (χ1n) is 9.75. The molecule has 0 aliphatic carbocycles. The predicted octanol–water partition coefficient (Wildman–Crippen LogP) is 6.52. The Morgan fingerprint density at radius 2 is 1.45 bits per heavy atom. The number of carbonyl (C=O) groups excluding carboxylic acids is 1. The van der Waals surface area contributed by atoms with Crippen LogP contribution in [0.3, 0.4) is 0 Å². The molecule has 0 radical (unpaired) electrons. The van der Waals surface area contributed by atoms with Crippen molar-refractivity contribution >= 4 is 5.97 Å². The Bertz CT molecular complexity index is 240. The summed E-state index contributed by atoms with van der Waals surface area (Å²) >= 11 is 0. The third-order valence-electron chi connectivity index (χ3n) is 4.38. The van der Waals surface area contributed by atoms with Crippen LogP contribution in [-0.4, -0.2) is 12.6 Å². The molecule has 0 aromatic carbocycles. The molecule has 0 saturated heterocycles. The van der Waals surface area contributed by atoms with Crippen LogP contribution in [0, 0.1) is 11.8 Å². The summed E-state index contributed by atoms with van der Waals surface area (Å²) in [6.07, 6.45) is 14.0. The zero-order valence-electron chi connectivity index (χ0n) is 15.7. The van der Waals surface area contributed by atoms with E-state index < -0.39 is 0 Å². The SMILES string of the molecule is CCCCC(CCCC)CCOC(=O)CCCCCC(C)C. The van der Waals surface area contributed by atoms with Crippen molar-refractivity contribution in [2.24, 2.45) is 11.8 Å². The molecule has 0 spiro atoms. The molecule has 0 aliphatic heterocycles. The van der Waals surface area contributed by atoms with Gasteiger partial charge in [0.05, 0.1) is 6.61 Å². The number of carbonyl (C=O) groups is 1. The molecule has 0 rings (SSSR count). The third-order valence-corrected chi connectivity index (χ3v) is 4.38. The Morgan fingerprint density at radius 1 is 0.818 bits per heavy atom. The van der Waals surface area contributed by atoms with E-state index in [1.807, 2.05) is 0 Å². The smallest absolute Gasteiger partial charge is 0.305 e. The molecule has 2 nitrogen and oxygen atoms in total. The average molecular weight is 313 g/mol. The summed E-state index contributed by atoms with van der Waals surface area (Å²) in [5, 5.41) is 0. The van der Waals surface area contributed by atoms with Crippen molar-refractivity contribution in [3.8, 4) is 0 Å². The van der Waals surface area contributed by atoms with Gasteiger partial charge in [-0.25, -0.2) is 0 Å². The number of hydrogen-bond donors (Lipinski definition) is 0. The molecule has 0 aromatic rings. The van der Waals surface area contributed by atoms with Gasteiger partial charge in [-0.05, 0) is 24.7 Å². The summed E-state index contributed by atoms with van der Waals surface area (Å²) in [4.78, 5) is 11.7. The van der Waals surface area contributed by atoms with Crippen molar-refractivity contribution < 1.29 is 9.53 Å². The van der Waals surface area contributed by atoms with Gasteiger partial charge in [0.25, 0.3) is 0 Å². The van der Waals surface area contributed by atoms with Crippen LogP contribution in [0.25, 0.3) is 0 Å².